The summed E-state index contributed by atoms with van der Waals surface area (Å²) in [5.41, 5.74) is 5.69. The van der Waals surface area contributed by atoms with Gasteiger partial charge in [-0.2, -0.15) is 0 Å². The molecule has 0 aliphatic carbocycles. The van der Waals surface area contributed by atoms with Gasteiger partial charge in [0.15, 0.2) is 0 Å². The number of nitrogens with two attached hydrogens (primary N) is 1. The van der Waals surface area contributed by atoms with Crippen LogP contribution in [0.3, 0.4) is 0 Å². The highest BCUT2D eigenvalue weighted by atomic mass is 35.5. The van der Waals surface area contributed by atoms with E-state index in [9.17, 15) is 10.1 Å². The largest absolute Gasteiger partial charge is 0.393 e. The lowest BCUT2D eigenvalue weighted by atomic mass is 10.1. The third-order valence-electron chi connectivity index (χ3n) is 1.68. The predicted octanol–water partition coefficient (Wildman–Crippen LogP) is 2.73. The zero-order valence-corrected chi connectivity index (χ0v) is 9.70. The van der Waals surface area contributed by atoms with Crippen LogP contribution in [0.1, 0.15) is 5.56 Å². The summed E-state index contributed by atoms with van der Waals surface area (Å²) in [5, 5.41) is 10.8. The molecule has 0 saturated carbocycles. The number of rotatable bonds is 3. The van der Waals surface area contributed by atoms with Crippen molar-refractivity contribution in [2.24, 2.45) is 5.73 Å². The van der Waals surface area contributed by atoms with Crippen LogP contribution in [0.15, 0.2) is 12.1 Å². The molecule has 7 heteroatoms. The van der Waals surface area contributed by atoms with Crippen LogP contribution in [-0.2, 0) is 6.42 Å². The van der Waals surface area contributed by atoms with Gasteiger partial charge in [0.05, 0.1) is 14.9 Å². The molecule has 0 aliphatic rings. The van der Waals surface area contributed by atoms with Crippen LogP contribution in [-0.4, -0.2) is 9.91 Å². The lowest BCUT2D eigenvalue weighted by molar-refractivity contribution is -0.384. The Balaban J connectivity index is 3.19. The highest BCUT2D eigenvalue weighted by Gasteiger charge is 2.16. The monoisotopic (exact) mass is 264 g/mol. The maximum absolute atomic E-state index is 10.5. The first-order valence-electron chi connectivity index (χ1n) is 3.82. The van der Waals surface area contributed by atoms with E-state index >= 15 is 0 Å². The topological polar surface area (TPSA) is 69.2 Å². The summed E-state index contributed by atoms with van der Waals surface area (Å²) < 4.78 is 0. The Morgan fingerprint density at radius 1 is 1.47 bits per heavy atom. The predicted molar refractivity (Wildman–Crippen MR) is 63.6 cm³/mol. The molecule has 0 bridgehead atoms. The molecule has 0 unspecified atom stereocenters. The van der Waals surface area contributed by atoms with Crippen LogP contribution in [0.5, 0.6) is 0 Å². The SMILES string of the molecule is NC(=S)Cc1cc(Cl)c([N+](=O)[O-])cc1Cl. The van der Waals surface area contributed by atoms with Crippen molar-refractivity contribution >= 4 is 46.1 Å². The summed E-state index contributed by atoms with van der Waals surface area (Å²) in [6, 6.07) is 2.60. The molecule has 0 fully saturated rings. The maximum Gasteiger partial charge on any atom is 0.289 e. The standard InChI is InChI=1S/C8H6Cl2N2O2S/c9-5-3-7(12(13)14)6(10)1-4(5)2-8(11)15/h1,3H,2H2,(H2,11,15). The summed E-state index contributed by atoms with van der Waals surface area (Å²) in [6.45, 7) is 0. The molecule has 2 N–H and O–H groups in total. The van der Waals surface area contributed by atoms with Gasteiger partial charge >= 0.3 is 0 Å². The fourth-order valence-electron chi connectivity index (χ4n) is 1.04. The van der Waals surface area contributed by atoms with Crippen LogP contribution in [0.25, 0.3) is 0 Å². The molecule has 15 heavy (non-hydrogen) atoms. The van der Waals surface area contributed by atoms with Crippen LogP contribution in [0, 0.1) is 10.1 Å². The summed E-state index contributed by atoms with van der Waals surface area (Å²) in [5.74, 6) is 0. The zero-order valence-electron chi connectivity index (χ0n) is 7.37. The number of nitro benzene ring substituents is 1. The van der Waals surface area contributed by atoms with Crippen molar-refractivity contribution in [2.45, 2.75) is 6.42 Å². The molecular weight excluding hydrogens is 259 g/mol. The Morgan fingerprint density at radius 2 is 2.07 bits per heavy atom. The molecule has 80 valence electrons. The van der Waals surface area contributed by atoms with Crippen LogP contribution >= 0.6 is 35.4 Å². The van der Waals surface area contributed by atoms with Gasteiger partial charge in [-0.3, -0.25) is 10.1 Å². The summed E-state index contributed by atoms with van der Waals surface area (Å²) in [6.07, 6.45) is 0.270. The first kappa shape index (κ1) is 12.2. The second kappa shape index (κ2) is 4.74. The van der Waals surface area contributed by atoms with Crippen molar-refractivity contribution in [1.82, 2.24) is 0 Å². The van der Waals surface area contributed by atoms with Gasteiger partial charge in [-0.25, -0.2) is 0 Å². The van der Waals surface area contributed by atoms with Gasteiger partial charge in [-0.15, -0.1) is 0 Å². The first-order valence-corrected chi connectivity index (χ1v) is 4.99. The number of halogens is 2. The van der Waals surface area contributed by atoms with Crippen molar-refractivity contribution in [3.63, 3.8) is 0 Å². The van der Waals surface area contributed by atoms with E-state index in [-0.39, 0.29) is 27.1 Å². The molecule has 0 aromatic heterocycles. The first-order chi connectivity index (χ1) is 6.91. The maximum atomic E-state index is 10.5. The summed E-state index contributed by atoms with van der Waals surface area (Å²) in [7, 11) is 0. The highest BCUT2D eigenvalue weighted by molar-refractivity contribution is 7.80. The number of benzene rings is 1. The number of nitro groups is 1. The van der Waals surface area contributed by atoms with E-state index in [0.29, 0.717) is 5.56 Å². The van der Waals surface area contributed by atoms with E-state index in [4.69, 9.17) is 41.2 Å². The van der Waals surface area contributed by atoms with Crippen molar-refractivity contribution in [1.29, 1.82) is 0 Å². The minimum absolute atomic E-state index is 0.0238. The molecule has 4 nitrogen and oxygen atoms in total. The Kier molecular flexibility index (Phi) is 3.84. The summed E-state index contributed by atoms with van der Waals surface area (Å²) >= 11 is 16.2. The third-order valence-corrected chi connectivity index (χ3v) is 2.48. The van der Waals surface area contributed by atoms with Crippen molar-refractivity contribution in [3.8, 4) is 0 Å². The Bertz CT molecular complexity index is 437. The van der Waals surface area contributed by atoms with Gasteiger partial charge < -0.3 is 5.73 Å². The van der Waals surface area contributed by atoms with E-state index in [2.05, 4.69) is 0 Å². The minimum Gasteiger partial charge on any atom is -0.393 e. The molecule has 0 heterocycles. The van der Waals surface area contributed by atoms with Crippen molar-refractivity contribution < 1.29 is 4.92 Å². The molecule has 0 amide bonds. The minimum atomic E-state index is -0.598. The molecule has 1 aromatic rings. The van der Waals surface area contributed by atoms with Gasteiger partial charge in [0.1, 0.15) is 5.02 Å². The number of thiocarbonyl (C=S) groups is 1. The molecule has 1 aromatic carbocycles. The van der Waals surface area contributed by atoms with Crippen molar-refractivity contribution in [3.05, 3.63) is 37.9 Å². The molecule has 0 radical (unpaired) electrons. The molecule has 0 spiro atoms. The Morgan fingerprint density at radius 3 is 2.53 bits per heavy atom. The molecule has 0 aliphatic heterocycles. The third kappa shape index (κ3) is 3.02. The second-order valence-electron chi connectivity index (χ2n) is 2.80. The van der Waals surface area contributed by atoms with E-state index < -0.39 is 4.92 Å². The fraction of sp³-hybridized carbons (Fsp3) is 0.125. The Labute approximate surface area is 101 Å². The van der Waals surface area contributed by atoms with E-state index in [1.807, 2.05) is 0 Å². The lowest BCUT2D eigenvalue weighted by Gasteiger charge is -2.04. The average Bonchev–Trinajstić information content (AvgIpc) is 2.09. The van der Waals surface area contributed by atoms with Crippen LogP contribution < -0.4 is 5.73 Å². The van der Waals surface area contributed by atoms with Crippen LogP contribution in [0.2, 0.25) is 10.0 Å². The zero-order chi connectivity index (χ0) is 11.6. The van der Waals surface area contributed by atoms with E-state index in [1.165, 1.54) is 12.1 Å². The van der Waals surface area contributed by atoms with Gasteiger partial charge in [-0.1, -0.05) is 35.4 Å². The van der Waals surface area contributed by atoms with E-state index in [1.54, 1.807) is 0 Å². The Hall–Kier alpha value is -0.910. The van der Waals surface area contributed by atoms with E-state index in [0.717, 1.165) is 0 Å². The fourth-order valence-corrected chi connectivity index (χ4v) is 1.68. The number of nitrogens with zero attached hydrogens (tertiary/aromatic N) is 1. The lowest BCUT2D eigenvalue weighted by Crippen LogP contribution is -2.11. The van der Waals surface area contributed by atoms with Gasteiger partial charge in [0.2, 0.25) is 0 Å². The van der Waals surface area contributed by atoms with Gasteiger partial charge in [-0.05, 0) is 11.6 Å². The van der Waals surface area contributed by atoms with Crippen LogP contribution in [0.4, 0.5) is 5.69 Å². The van der Waals surface area contributed by atoms with Gasteiger partial charge in [0, 0.05) is 12.5 Å². The van der Waals surface area contributed by atoms with Crippen molar-refractivity contribution in [2.75, 3.05) is 0 Å². The number of hydrogen-bond donors (Lipinski definition) is 1. The molecular formula is C8H6Cl2N2O2S. The molecule has 0 atom stereocenters. The average molecular weight is 265 g/mol. The highest BCUT2D eigenvalue weighted by Crippen LogP contribution is 2.30. The smallest absolute Gasteiger partial charge is 0.289 e. The molecule has 1 rings (SSSR count). The normalized spacial score (nSPS) is 10.0. The van der Waals surface area contributed by atoms with Gasteiger partial charge in [0.25, 0.3) is 5.69 Å². The summed E-state index contributed by atoms with van der Waals surface area (Å²) in [4.78, 5) is 10.2. The molecule has 0 saturated heterocycles. The second-order valence-corrected chi connectivity index (χ2v) is 4.13. The number of hydrogen-bond acceptors (Lipinski definition) is 3. The quantitative estimate of drug-likeness (QED) is 0.518.